The monoisotopic (exact) mass is 180 g/mol. The lowest BCUT2D eigenvalue weighted by atomic mass is 10.3. The van der Waals surface area contributed by atoms with Gasteiger partial charge in [-0.05, 0) is 6.92 Å². The molecule has 5 heteroatoms. The van der Waals surface area contributed by atoms with E-state index in [1.807, 2.05) is 0 Å². The van der Waals surface area contributed by atoms with Crippen molar-refractivity contribution in [3.63, 3.8) is 0 Å². The van der Waals surface area contributed by atoms with E-state index >= 15 is 0 Å². The molecular formula is C8H12N4O. The van der Waals surface area contributed by atoms with Crippen LogP contribution in [0.15, 0.2) is 6.20 Å². The molecule has 1 aromatic rings. The minimum absolute atomic E-state index is 0.183. The molecule has 0 aliphatic rings. The number of nitrogen functional groups attached to an aromatic ring is 1. The van der Waals surface area contributed by atoms with E-state index in [0.29, 0.717) is 11.4 Å². The summed E-state index contributed by atoms with van der Waals surface area (Å²) in [6.45, 7) is 1.72. The Balaban J connectivity index is 3.09. The Morgan fingerprint density at radius 1 is 1.54 bits per heavy atom. The number of aromatic nitrogens is 2. The summed E-state index contributed by atoms with van der Waals surface area (Å²) in [6, 6.07) is 0. The van der Waals surface area contributed by atoms with Crippen LogP contribution in [-0.2, 0) is 0 Å². The van der Waals surface area contributed by atoms with Crippen molar-refractivity contribution >= 4 is 11.7 Å². The Bertz CT molecular complexity index is 335. The highest BCUT2D eigenvalue weighted by Crippen LogP contribution is 2.08. The number of nitrogens with zero attached hydrogens (tertiary/aromatic N) is 3. The maximum Gasteiger partial charge on any atom is 0.258 e. The lowest BCUT2D eigenvalue weighted by Gasteiger charge is -2.10. The predicted octanol–water partition coefficient (Wildman–Crippen LogP) is 0.0690. The largest absolute Gasteiger partial charge is 0.383 e. The third kappa shape index (κ3) is 1.93. The third-order valence-electron chi connectivity index (χ3n) is 1.58. The highest BCUT2D eigenvalue weighted by Gasteiger charge is 2.12. The van der Waals surface area contributed by atoms with E-state index in [-0.39, 0.29) is 11.7 Å². The molecule has 0 atom stereocenters. The normalized spacial score (nSPS) is 9.77. The fourth-order valence-corrected chi connectivity index (χ4v) is 0.893. The molecule has 5 nitrogen and oxygen atoms in total. The molecule has 1 aromatic heterocycles. The highest BCUT2D eigenvalue weighted by molar-refractivity contribution is 5.97. The number of aryl methyl sites for hydroxylation is 1. The summed E-state index contributed by atoms with van der Waals surface area (Å²) in [5.41, 5.74) is 5.90. The van der Waals surface area contributed by atoms with Crippen LogP contribution in [0.5, 0.6) is 0 Å². The second kappa shape index (κ2) is 3.38. The molecule has 0 aromatic carbocycles. The average Bonchev–Trinajstić information content (AvgIpc) is 2.03. The van der Waals surface area contributed by atoms with E-state index in [2.05, 4.69) is 9.97 Å². The van der Waals surface area contributed by atoms with Crippen molar-refractivity contribution < 1.29 is 4.79 Å². The van der Waals surface area contributed by atoms with Crippen LogP contribution in [-0.4, -0.2) is 34.9 Å². The Kier molecular flexibility index (Phi) is 2.46. The standard InChI is InChI=1S/C8H12N4O/c1-5-10-4-6(7(9)11-5)8(13)12(2)3/h4H,1-3H3,(H2,9,10,11). The van der Waals surface area contributed by atoms with Crippen LogP contribution in [0.2, 0.25) is 0 Å². The van der Waals surface area contributed by atoms with E-state index in [9.17, 15) is 4.79 Å². The van der Waals surface area contributed by atoms with Crippen LogP contribution >= 0.6 is 0 Å². The summed E-state index contributed by atoms with van der Waals surface area (Å²) >= 11 is 0. The highest BCUT2D eigenvalue weighted by atomic mass is 16.2. The van der Waals surface area contributed by atoms with Crippen molar-refractivity contribution in [2.75, 3.05) is 19.8 Å². The summed E-state index contributed by atoms with van der Waals surface area (Å²) in [4.78, 5) is 20.7. The lowest BCUT2D eigenvalue weighted by Crippen LogP contribution is -2.23. The maximum absolute atomic E-state index is 11.4. The summed E-state index contributed by atoms with van der Waals surface area (Å²) < 4.78 is 0. The van der Waals surface area contributed by atoms with Gasteiger partial charge < -0.3 is 10.6 Å². The van der Waals surface area contributed by atoms with Gasteiger partial charge in [0.1, 0.15) is 11.6 Å². The fraction of sp³-hybridized carbons (Fsp3) is 0.375. The molecule has 70 valence electrons. The first-order chi connectivity index (χ1) is 6.02. The van der Waals surface area contributed by atoms with Crippen molar-refractivity contribution in [2.24, 2.45) is 0 Å². The molecule has 0 saturated heterocycles. The van der Waals surface area contributed by atoms with Gasteiger partial charge in [-0.15, -0.1) is 0 Å². The van der Waals surface area contributed by atoms with Crippen LogP contribution < -0.4 is 5.73 Å². The van der Waals surface area contributed by atoms with E-state index < -0.39 is 0 Å². The smallest absolute Gasteiger partial charge is 0.258 e. The second-order valence-electron chi connectivity index (χ2n) is 2.92. The second-order valence-corrected chi connectivity index (χ2v) is 2.92. The molecule has 0 fully saturated rings. The Labute approximate surface area is 76.6 Å². The van der Waals surface area contributed by atoms with Gasteiger partial charge in [0.2, 0.25) is 0 Å². The fourth-order valence-electron chi connectivity index (χ4n) is 0.893. The number of amides is 1. The predicted molar refractivity (Wildman–Crippen MR) is 49.2 cm³/mol. The SMILES string of the molecule is Cc1ncc(C(=O)N(C)C)c(N)n1. The zero-order valence-electron chi connectivity index (χ0n) is 7.90. The minimum Gasteiger partial charge on any atom is -0.383 e. The van der Waals surface area contributed by atoms with Crippen LogP contribution in [0.25, 0.3) is 0 Å². The van der Waals surface area contributed by atoms with Gasteiger partial charge in [-0.1, -0.05) is 0 Å². The summed E-state index contributed by atoms with van der Waals surface area (Å²) in [6.07, 6.45) is 1.44. The quantitative estimate of drug-likeness (QED) is 0.663. The molecular weight excluding hydrogens is 168 g/mol. The molecule has 0 unspecified atom stereocenters. The molecule has 1 rings (SSSR count). The third-order valence-corrected chi connectivity index (χ3v) is 1.58. The molecule has 0 bridgehead atoms. The van der Waals surface area contributed by atoms with Gasteiger partial charge in [-0.2, -0.15) is 0 Å². The van der Waals surface area contributed by atoms with Crippen LogP contribution in [0.4, 0.5) is 5.82 Å². The van der Waals surface area contributed by atoms with Gasteiger partial charge in [-0.3, -0.25) is 4.79 Å². The van der Waals surface area contributed by atoms with Crippen LogP contribution in [0.3, 0.4) is 0 Å². The molecule has 0 aliphatic carbocycles. The van der Waals surface area contributed by atoms with Gasteiger partial charge in [0, 0.05) is 20.3 Å². The lowest BCUT2D eigenvalue weighted by molar-refractivity contribution is 0.0828. The molecule has 1 heterocycles. The van der Waals surface area contributed by atoms with Crippen molar-refractivity contribution in [1.82, 2.24) is 14.9 Å². The number of hydrogen-bond acceptors (Lipinski definition) is 4. The molecule has 0 radical (unpaired) electrons. The van der Waals surface area contributed by atoms with Gasteiger partial charge in [0.25, 0.3) is 5.91 Å². The molecule has 0 spiro atoms. The molecule has 0 saturated carbocycles. The summed E-state index contributed by atoms with van der Waals surface area (Å²) in [7, 11) is 3.31. The van der Waals surface area contributed by atoms with Crippen LogP contribution in [0, 0.1) is 6.92 Å². The number of rotatable bonds is 1. The van der Waals surface area contributed by atoms with Crippen molar-refractivity contribution in [3.05, 3.63) is 17.6 Å². The Morgan fingerprint density at radius 2 is 2.15 bits per heavy atom. The number of nitrogens with two attached hydrogens (primary N) is 1. The number of anilines is 1. The molecule has 13 heavy (non-hydrogen) atoms. The van der Waals surface area contributed by atoms with Gasteiger partial charge in [0.05, 0.1) is 5.56 Å². The number of carbonyl (C=O) groups is 1. The Morgan fingerprint density at radius 3 is 2.62 bits per heavy atom. The average molecular weight is 180 g/mol. The van der Waals surface area contributed by atoms with Crippen molar-refractivity contribution in [3.8, 4) is 0 Å². The summed E-state index contributed by atoms with van der Waals surface area (Å²) in [5.74, 6) is 0.608. The van der Waals surface area contributed by atoms with E-state index in [1.54, 1.807) is 21.0 Å². The summed E-state index contributed by atoms with van der Waals surface area (Å²) in [5, 5.41) is 0. The molecule has 1 amide bonds. The number of carbonyl (C=O) groups excluding carboxylic acids is 1. The van der Waals surface area contributed by atoms with E-state index in [1.165, 1.54) is 11.1 Å². The van der Waals surface area contributed by atoms with E-state index in [4.69, 9.17) is 5.73 Å². The topological polar surface area (TPSA) is 72.1 Å². The first-order valence-electron chi connectivity index (χ1n) is 3.83. The van der Waals surface area contributed by atoms with Gasteiger partial charge in [-0.25, -0.2) is 9.97 Å². The maximum atomic E-state index is 11.4. The zero-order chi connectivity index (χ0) is 10.0. The van der Waals surface area contributed by atoms with Gasteiger partial charge in [0.15, 0.2) is 0 Å². The first kappa shape index (κ1) is 9.44. The van der Waals surface area contributed by atoms with Crippen LogP contribution in [0.1, 0.15) is 16.2 Å². The molecule has 0 aliphatic heterocycles. The molecule has 2 N–H and O–H groups in total. The van der Waals surface area contributed by atoms with Gasteiger partial charge >= 0.3 is 0 Å². The number of hydrogen-bond donors (Lipinski definition) is 1. The Hall–Kier alpha value is -1.65. The van der Waals surface area contributed by atoms with Crippen molar-refractivity contribution in [2.45, 2.75) is 6.92 Å². The first-order valence-corrected chi connectivity index (χ1v) is 3.83. The van der Waals surface area contributed by atoms with Crippen molar-refractivity contribution in [1.29, 1.82) is 0 Å². The van der Waals surface area contributed by atoms with E-state index in [0.717, 1.165) is 0 Å². The zero-order valence-corrected chi connectivity index (χ0v) is 7.90. The minimum atomic E-state index is -0.183.